The molecule has 42 heavy (non-hydrogen) atoms. The van der Waals surface area contributed by atoms with Crippen molar-refractivity contribution in [1.82, 2.24) is 16.0 Å². The van der Waals surface area contributed by atoms with Crippen LogP contribution in [-0.4, -0.2) is 43.0 Å². The number of nitrogens with one attached hydrogen (secondary N) is 3. The van der Waals surface area contributed by atoms with E-state index < -0.39 is 23.9 Å². The Hall–Kier alpha value is -3.49. The molecule has 0 fully saturated rings. The monoisotopic (exact) mass is 587 g/mol. The van der Waals surface area contributed by atoms with E-state index in [1.807, 2.05) is 34.6 Å². The zero-order valence-electron chi connectivity index (χ0n) is 25.8. The molecule has 0 aromatic heterocycles. The Balaban J connectivity index is 1.94. The van der Waals surface area contributed by atoms with Crippen LogP contribution in [-0.2, 0) is 27.2 Å². The first kappa shape index (κ1) is 34.7. The predicted octanol–water partition coefficient (Wildman–Crippen LogP) is 5.35. The first-order valence-corrected chi connectivity index (χ1v) is 15.0. The maximum Gasteiger partial charge on any atom is 0.243 e. The number of carbonyl (C=O) groups is 3. The molecule has 0 bridgehead atoms. The number of hydrogen-bond donors (Lipinski definition) is 3. The maximum absolute atomic E-state index is 14.5. The highest BCUT2D eigenvalue weighted by molar-refractivity contribution is 5.92. The summed E-state index contributed by atoms with van der Waals surface area (Å²) in [6.45, 7) is 12.1. The fourth-order valence-corrected chi connectivity index (χ4v) is 4.53. The van der Waals surface area contributed by atoms with Gasteiger partial charge in [-0.1, -0.05) is 66.2 Å². The van der Waals surface area contributed by atoms with Crippen LogP contribution in [0.5, 0.6) is 5.75 Å². The molecule has 7 nitrogen and oxygen atoms in total. The molecule has 0 radical (unpaired) electrons. The van der Waals surface area contributed by atoms with E-state index >= 15 is 0 Å². The van der Waals surface area contributed by atoms with Gasteiger partial charge in [-0.15, -0.1) is 0 Å². The van der Waals surface area contributed by atoms with Crippen molar-refractivity contribution in [2.24, 2.45) is 17.8 Å². The first-order valence-electron chi connectivity index (χ1n) is 15.0. The van der Waals surface area contributed by atoms with Crippen LogP contribution >= 0.6 is 0 Å². The van der Waals surface area contributed by atoms with Gasteiger partial charge in [0, 0.05) is 18.0 Å². The van der Waals surface area contributed by atoms with E-state index in [9.17, 15) is 23.2 Å². The van der Waals surface area contributed by atoms with Crippen molar-refractivity contribution in [3.05, 3.63) is 65.2 Å². The summed E-state index contributed by atoms with van der Waals surface area (Å²) in [4.78, 5) is 39.1. The molecule has 9 heteroatoms. The Morgan fingerprint density at radius 3 is 2.26 bits per heavy atom. The summed E-state index contributed by atoms with van der Waals surface area (Å²) in [6, 6.07) is 9.23. The SMILES string of the molecule is CCC[C@H](NC(=O)[C@H](NC(=O)[C@H](C)Cc1cccc(F)c1)C(C)C)C(=O)NCCCc1c(F)cccc1OCC(C)C. The number of benzene rings is 2. The number of amides is 3. The maximum atomic E-state index is 14.5. The van der Waals surface area contributed by atoms with Crippen LogP contribution < -0.4 is 20.7 Å². The molecule has 0 heterocycles. The number of ether oxygens (including phenoxy) is 1. The first-order chi connectivity index (χ1) is 19.9. The fourth-order valence-electron chi connectivity index (χ4n) is 4.53. The summed E-state index contributed by atoms with van der Waals surface area (Å²) in [7, 11) is 0. The van der Waals surface area contributed by atoms with Gasteiger partial charge in [0.15, 0.2) is 0 Å². The third-order valence-corrected chi connectivity index (χ3v) is 6.89. The molecule has 232 valence electrons. The molecule has 0 aliphatic carbocycles. The van der Waals surface area contributed by atoms with Gasteiger partial charge in [-0.2, -0.15) is 0 Å². The van der Waals surface area contributed by atoms with Crippen LogP contribution in [0.3, 0.4) is 0 Å². The van der Waals surface area contributed by atoms with Gasteiger partial charge in [0.25, 0.3) is 0 Å². The van der Waals surface area contributed by atoms with Crippen molar-refractivity contribution in [3.63, 3.8) is 0 Å². The molecule has 2 aromatic carbocycles. The van der Waals surface area contributed by atoms with Gasteiger partial charge in [0.1, 0.15) is 29.5 Å². The summed E-state index contributed by atoms with van der Waals surface area (Å²) in [5, 5.41) is 8.48. The van der Waals surface area contributed by atoms with E-state index in [2.05, 4.69) is 16.0 Å². The Kier molecular flexibility index (Phi) is 14.4. The van der Waals surface area contributed by atoms with Gasteiger partial charge < -0.3 is 20.7 Å². The van der Waals surface area contributed by atoms with Crippen LogP contribution in [0.4, 0.5) is 8.78 Å². The molecule has 3 N–H and O–H groups in total. The van der Waals surface area contributed by atoms with E-state index in [-0.39, 0.29) is 29.4 Å². The molecule has 0 spiro atoms. The molecule has 0 aliphatic rings. The normalized spacial score (nSPS) is 13.4. The smallest absolute Gasteiger partial charge is 0.243 e. The third-order valence-electron chi connectivity index (χ3n) is 6.89. The highest BCUT2D eigenvalue weighted by Crippen LogP contribution is 2.23. The largest absolute Gasteiger partial charge is 0.493 e. The second kappa shape index (κ2) is 17.5. The van der Waals surface area contributed by atoms with Crippen molar-refractivity contribution in [2.75, 3.05) is 13.2 Å². The lowest BCUT2D eigenvalue weighted by molar-refractivity contribution is -0.134. The molecule has 0 aliphatic heterocycles. The fraction of sp³-hybridized carbons (Fsp3) is 0.545. The van der Waals surface area contributed by atoms with E-state index in [0.717, 1.165) is 0 Å². The number of rotatable bonds is 17. The standard InChI is InChI=1S/C33H47F2N3O4/c1-7-11-28(32(40)36-17-10-14-26-27(35)15-9-16-29(26)42-20-21(2)3)37-33(41)30(22(4)5)38-31(39)23(6)18-24-12-8-13-25(34)19-24/h8-9,12-13,15-16,19,21-23,28,30H,7,10-11,14,17-18,20H2,1-6H3,(H,36,40)(H,37,41)(H,38,39)/t23-,28+,30-/m1/s1. The topological polar surface area (TPSA) is 96.5 Å². The van der Waals surface area contributed by atoms with Crippen LogP contribution in [0.2, 0.25) is 0 Å². The highest BCUT2D eigenvalue weighted by atomic mass is 19.1. The number of hydrogen-bond acceptors (Lipinski definition) is 4. The highest BCUT2D eigenvalue weighted by Gasteiger charge is 2.29. The van der Waals surface area contributed by atoms with Gasteiger partial charge in [-0.05, 0) is 67.3 Å². The summed E-state index contributed by atoms with van der Waals surface area (Å²) in [5.41, 5.74) is 1.17. The van der Waals surface area contributed by atoms with Gasteiger partial charge in [-0.3, -0.25) is 14.4 Å². The molecule has 2 aromatic rings. The van der Waals surface area contributed by atoms with Crippen molar-refractivity contribution >= 4 is 17.7 Å². The van der Waals surface area contributed by atoms with Crippen molar-refractivity contribution in [3.8, 4) is 5.75 Å². The van der Waals surface area contributed by atoms with Crippen LogP contribution in [0.1, 0.15) is 71.9 Å². The summed E-state index contributed by atoms with van der Waals surface area (Å²) >= 11 is 0. The van der Waals surface area contributed by atoms with Crippen molar-refractivity contribution in [1.29, 1.82) is 0 Å². The zero-order chi connectivity index (χ0) is 31.2. The second-order valence-electron chi connectivity index (χ2n) is 11.6. The molecule has 0 saturated heterocycles. The average molecular weight is 588 g/mol. The minimum absolute atomic E-state index is 0.228. The molecule has 0 unspecified atom stereocenters. The average Bonchev–Trinajstić information content (AvgIpc) is 2.92. The summed E-state index contributed by atoms with van der Waals surface area (Å²) in [5.74, 6) is -1.70. The molecule has 0 saturated carbocycles. The summed E-state index contributed by atoms with van der Waals surface area (Å²) < 4.78 is 33.8. The molecular formula is C33H47F2N3O4. The van der Waals surface area contributed by atoms with Gasteiger partial charge in [0.05, 0.1) is 6.61 Å². The van der Waals surface area contributed by atoms with Gasteiger partial charge in [-0.25, -0.2) is 8.78 Å². The second-order valence-corrected chi connectivity index (χ2v) is 11.6. The Bertz CT molecular complexity index is 1170. The van der Waals surface area contributed by atoms with Crippen LogP contribution in [0, 0.1) is 29.4 Å². The van der Waals surface area contributed by atoms with Crippen LogP contribution in [0.15, 0.2) is 42.5 Å². The number of halogens is 2. The van der Waals surface area contributed by atoms with E-state index in [1.165, 1.54) is 18.2 Å². The Morgan fingerprint density at radius 1 is 0.905 bits per heavy atom. The summed E-state index contributed by atoms with van der Waals surface area (Å²) in [6.07, 6.45) is 2.29. The molecule has 2 rings (SSSR count). The quantitative estimate of drug-likeness (QED) is 0.217. The van der Waals surface area contributed by atoms with Crippen molar-refractivity contribution < 1.29 is 27.9 Å². The Labute approximate surface area is 249 Å². The van der Waals surface area contributed by atoms with Gasteiger partial charge >= 0.3 is 0 Å². The lowest BCUT2D eigenvalue weighted by Gasteiger charge is -2.26. The van der Waals surface area contributed by atoms with Gasteiger partial charge in [0.2, 0.25) is 17.7 Å². The minimum Gasteiger partial charge on any atom is -0.493 e. The molecular weight excluding hydrogens is 540 g/mol. The lowest BCUT2D eigenvalue weighted by Crippen LogP contribution is -2.56. The van der Waals surface area contributed by atoms with E-state index in [0.29, 0.717) is 68.1 Å². The Morgan fingerprint density at radius 2 is 1.62 bits per heavy atom. The van der Waals surface area contributed by atoms with E-state index in [4.69, 9.17) is 4.74 Å². The molecule has 3 amide bonds. The van der Waals surface area contributed by atoms with E-state index in [1.54, 1.807) is 31.2 Å². The lowest BCUT2D eigenvalue weighted by atomic mass is 9.97. The molecule has 3 atom stereocenters. The third kappa shape index (κ3) is 11.4. The number of carbonyl (C=O) groups excluding carboxylic acids is 3. The van der Waals surface area contributed by atoms with Crippen LogP contribution in [0.25, 0.3) is 0 Å². The van der Waals surface area contributed by atoms with Crippen molar-refractivity contribution in [2.45, 2.75) is 85.7 Å². The zero-order valence-corrected chi connectivity index (χ0v) is 25.8. The minimum atomic E-state index is -0.843. The predicted molar refractivity (Wildman–Crippen MR) is 161 cm³/mol.